The van der Waals surface area contributed by atoms with E-state index in [9.17, 15) is 4.79 Å². The average molecular weight is 294 g/mol. The molecule has 1 heterocycles. The predicted molar refractivity (Wildman–Crippen MR) is 70.2 cm³/mol. The Hall–Kier alpha value is -1.62. The lowest BCUT2D eigenvalue weighted by molar-refractivity contribution is 0.102. The molecule has 0 spiro atoms. The highest BCUT2D eigenvalue weighted by atomic mass is 79.9. The maximum Gasteiger partial charge on any atom is 0.256 e. The van der Waals surface area contributed by atoms with E-state index in [2.05, 4.69) is 31.4 Å². The molecule has 0 unspecified atom stereocenters. The molecule has 2 N–H and O–H groups in total. The van der Waals surface area contributed by atoms with Crippen LogP contribution in [0.15, 0.2) is 28.7 Å². The van der Waals surface area contributed by atoms with Crippen LogP contribution in [0.1, 0.15) is 21.6 Å². The number of nitrogens with one attached hydrogen (secondary N) is 2. The van der Waals surface area contributed by atoms with Crippen LogP contribution in [0.2, 0.25) is 0 Å². The van der Waals surface area contributed by atoms with Crippen LogP contribution in [-0.4, -0.2) is 16.1 Å². The molecule has 0 bridgehead atoms. The third kappa shape index (κ3) is 2.74. The molecular formula is C12H12BrN3O. The van der Waals surface area contributed by atoms with Crippen molar-refractivity contribution < 1.29 is 4.79 Å². The first-order chi connectivity index (χ1) is 8.06. The van der Waals surface area contributed by atoms with E-state index >= 15 is 0 Å². The van der Waals surface area contributed by atoms with Crippen molar-refractivity contribution in [3.63, 3.8) is 0 Å². The monoisotopic (exact) mass is 293 g/mol. The van der Waals surface area contributed by atoms with Crippen LogP contribution >= 0.6 is 15.9 Å². The molecule has 0 radical (unpaired) electrons. The van der Waals surface area contributed by atoms with Crippen molar-refractivity contribution in [3.05, 3.63) is 45.6 Å². The van der Waals surface area contributed by atoms with Crippen LogP contribution in [0.5, 0.6) is 0 Å². The lowest BCUT2D eigenvalue weighted by atomic mass is 10.1. The molecular weight excluding hydrogens is 282 g/mol. The molecule has 0 aliphatic rings. The minimum atomic E-state index is -0.169. The van der Waals surface area contributed by atoms with Crippen molar-refractivity contribution in [1.29, 1.82) is 0 Å². The summed E-state index contributed by atoms with van der Waals surface area (Å²) < 4.78 is 0.920. The number of halogens is 1. The van der Waals surface area contributed by atoms with E-state index in [0.717, 1.165) is 15.7 Å². The Bertz CT molecular complexity index is 563. The fourth-order valence-corrected chi connectivity index (χ4v) is 1.78. The van der Waals surface area contributed by atoms with E-state index in [1.165, 1.54) is 0 Å². The first kappa shape index (κ1) is 11.9. The van der Waals surface area contributed by atoms with Crippen molar-refractivity contribution in [1.82, 2.24) is 10.2 Å². The average Bonchev–Trinajstić information content (AvgIpc) is 2.68. The van der Waals surface area contributed by atoms with Crippen molar-refractivity contribution in [3.8, 4) is 0 Å². The van der Waals surface area contributed by atoms with Gasteiger partial charge in [-0.25, -0.2) is 0 Å². The molecule has 2 aromatic rings. The minimum absolute atomic E-state index is 0.169. The molecule has 4 nitrogen and oxygen atoms in total. The zero-order chi connectivity index (χ0) is 12.4. The van der Waals surface area contributed by atoms with Crippen LogP contribution in [0.3, 0.4) is 0 Å². The van der Waals surface area contributed by atoms with E-state index < -0.39 is 0 Å². The number of H-pyrrole nitrogens is 1. The summed E-state index contributed by atoms with van der Waals surface area (Å²) in [5.74, 6) is 0.362. The summed E-state index contributed by atoms with van der Waals surface area (Å²) in [6, 6.07) is 7.26. The van der Waals surface area contributed by atoms with E-state index in [4.69, 9.17) is 0 Å². The van der Waals surface area contributed by atoms with Gasteiger partial charge in [0.05, 0.1) is 0 Å². The molecule has 1 aromatic heterocycles. The molecule has 17 heavy (non-hydrogen) atoms. The first-order valence-electron chi connectivity index (χ1n) is 5.16. The molecule has 0 aliphatic carbocycles. The number of hydrogen-bond acceptors (Lipinski definition) is 2. The molecule has 1 aromatic carbocycles. The number of amides is 1. The second-order valence-electron chi connectivity index (χ2n) is 3.85. The third-order valence-electron chi connectivity index (χ3n) is 2.38. The van der Waals surface area contributed by atoms with Crippen molar-refractivity contribution >= 4 is 27.7 Å². The quantitative estimate of drug-likeness (QED) is 0.894. The molecule has 5 heteroatoms. The van der Waals surface area contributed by atoms with Gasteiger partial charge in [-0.15, -0.1) is 0 Å². The van der Waals surface area contributed by atoms with Gasteiger partial charge in [-0.2, -0.15) is 5.10 Å². The highest BCUT2D eigenvalue weighted by Gasteiger charge is 2.08. The van der Waals surface area contributed by atoms with Gasteiger partial charge in [-0.3, -0.25) is 9.89 Å². The van der Waals surface area contributed by atoms with Gasteiger partial charge in [0.1, 0.15) is 0 Å². The zero-order valence-corrected chi connectivity index (χ0v) is 11.1. The molecule has 0 aliphatic heterocycles. The second kappa shape index (κ2) is 4.71. The Balaban J connectivity index is 2.17. The molecule has 0 atom stereocenters. The molecule has 88 valence electrons. The number of nitrogens with zero attached hydrogens (tertiary/aromatic N) is 1. The number of aromatic amines is 1. The second-order valence-corrected chi connectivity index (χ2v) is 4.71. The maximum absolute atomic E-state index is 11.9. The molecule has 0 fully saturated rings. The van der Waals surface area contributed by atoms with Crippen LogP contribution in [0.25, 0.3) is 0 Å². The Morgan fingerprint density at radius 1 is 1.35 bits per heavy atom. The number of anilines is 1. The Kier molecular flexibility index (Phi) is 3.28. The van der Waals surface area contributed by atoms with Gasteiger partial charge in [0.25, 0.3) is 5.91 Å². The number of benzene rings is 1. The van der Waals surface area contributed by atoms with Gasteiger partial charge in [-0.05, 0) is 31.5 Å². The lowest BCUT2D eigenvalue weighted by Crippen LogP contribution is -2.12. The highest BCUT2D eigenvalue weighted by molar-refractivity contribution is 9.10. The summed E-state index contributed by atoms with van der Waals surface area (Å²) in [5, 5.41) is 9.45. The van der Waals surface area contributed by atoms with E-state index in [1.807, 2.05) is 19.9 Å². The van der Waals surface area contributed by atoms with E-state index in [0.29, 0.717) is 11.4 Å². The standard InChI is InChI=1S/C12H12BrN3O/c1-7-3-4-9(6-10(7)13)12(17)14-11-5-8(2)15-16-11/h3-6H,1-2H3,(H2,14,15,16,17). The molecule has 0 saturated heterocycles. The smallest absolute Gasteiger partial charge is 0.256 e. The van der Waals surface area contributed by atoms with Gasteiger partial charge in [-0.1, -0.05) is 22.0 Å². The van der Waals surface area contributed by atoms with Gasteiger partial charge < -0.3 is 5.32 Å². The van der Waals surface area contributed by atoms with Crippen LogP contribution < -0.4 is 5.32 Å². The maximum atomic E-state index is 11.9. The summed E-state index contributed by atoms with van der Waals surface area (Å²) in [6.45, 7) is 3.86. The van der Waals surface area contributed by atoms with Gasteiger partial charge in [0, 0.05) is 21.8 Å². The fourth-order valence-electron chi connectivity index (χ4n) is 1.40. The Labute approximate surface area is 108 Å². The zero-order valence-electron chi connectivity index (χ0n) is 9.54. The van der Waals surface area contributed by atoms with Crippen LogP contribution in [0, 0.1) is 13.8 Å². The van der Waals surface area contributed by atoms with E-state index in [-0.39, 0.29) is 5.91 Å². The Morgan fingerprint density at radius 3 is 2.71 bits per heavy atom. The predicted octanol–water partition coefficient (Wildman–Crippen LogP) is 3.04. The summed E-state index contributed by atoms with van der Waals surface area (Å²) >= 11 is 3.40. The first-order valence-corrected chi connectivity index (χ1v) is 5.95. The van der Waals surface area contributed by atoms with Crippen molar-refractivity contribution in [2.45, 2.75) is 13.8 Å². The van der Waals surface area contributed by atoms with Crippen LogP contribution in [0.4, 0.5) is 5.82 Å². The lowest BCUT2D eigenvalue weighted by Gasteiger charge is -2.04. The van der Waals surface area contributed by atoms with Crippen LogP contribution in [-0.2, 0) is 0 Å². The molecule has 0 saturated carbocycles. The summed E-state index contributed by atoms with van der Waals surface area (Å²) in [4.78, 5) is 11.9. The number of rotatable bonds is 2. The van der Waals surface area contributed by atoms with Crippen molar-refractivity contribution in [2.24, 2.45) is 0 Å². The number of hydrogen-bond donors (Lipinski definition) is 2. The molecule has 2 rings (SSSR count). The van der Waals surface area contributed by atoms with Gasteiger partial charge >= 0.3 is 0 Å². The minimum Gasteiger partial charge on any atom is -0.305 e. The summed E-state index contributed by atoms with van der Waals surface area (Å²) in [5.41, 5.74) is 2.60. The summed E-state index contributed by atoms with van der Waals surface area (Å²) in [7, 11) is 0. The topological polar surface area (TPSA) is 57.8 Å². The van der Waals surface area contributed by atoms with E-state index in [1.54, 1.807) is 18.2 Å². The van der Waals surface area contributed by atoms with Gasteiger partial charge in [0.2, 0.25) is 0 Å². The largest absolute Gasteiger partial charge is 0.305 e. The normalized spacial score (nSPS) is 10.3. The SMILES string of the molecule is Cc1cc(NC(=O)c2ccc(C)c(Br)c2)n[nH]1. The Morgan fingerprint density at radius 2 is 2.12 bits per heavy atom. The fraction of sp³-hybridized carbons (Fsp3) is 0.167. The highest BCUT2D eigenvalue weighted by Crippen LogP contribution is 2.18. The number of carbonyl (C=O) groups is 1. The van der Waals surface area contributed by atoms with Crippen molar-refractivity contribution in [2.75, 3.05) is 5.32 Å². The number of aryl methyl sites for hydroxylation is 2. The third-order valence-corrected chi connectivity index (χ3v) is 3.24. The summed E-state index contributed by atoms with van der Waals surface area (Å²) in [6.07, 6.45) is 0. The number of carbonyl (C=O) groups excluding carboxylic acids is 1. The number of aromatic nitrogens is 2. The molecule has 1 amide bonds. The van der Waals surface area contributed by atoms with Gasteiger partial charge in [0.15, 0.2) is 5.82 Å².